The Balaban J connectivity index is 1.36. The molecule has 0 aliphatic carbocycles. The van der Waals surface area contributed by atoms with Crippen LogP contribution in [0.3, 0.4) is 0 Å². The molecule has 14 nitrogen and oxygen atoms in total. The van der Waals surface area contributed by atoms with Gasteiger partial charge >= 0.3 is 29.6 Å². The van der Waals surface area contributed by atoms with Crippen molar-refractivity contribution in [2.45, 2.75) is 64.4 Å². The number of fused-ring (bicyclic) bond motifs is 2. The Bertz CT molecular complexity index is 2800. The molecule has 0 saturated carbocycles. The van der Waals surface area contributed by atoms with Gasteiger partial charge in [0.25, 0.3) is 5.56 Å². The topological polar surface area (TPSA) is 186 Å². The van der Waals surface area contributed by atoms with Crippen LogP contribution < -0.4 is 11.2 Å². The fourth-order valence-electron chi connectivity index (χ4n) is 7.10. The van der Waals surface area contributed by atoms with E-state index in [0.717, 1.165) is 11.1 Å². The van der Waals surface area contributed by atoms with Crippen LogP contribution in [0.1, 0.15) is 33.4 Å². The number of rotatable bonds is 17. The molecule has 2 aliphatic heterocycles. The van der Waals surface area contributed by atoms with E-state index >= 15 is 0 Å². The highest BCUT2D eigenvalue weighted by atomic mass is 16.6. The van der Waals surface area contributed by atoms with E-state index in [9.17, 15) is 28.8 Å². The van der Waals surface area contributed by atoms with Crippen LogP contribution in [-0.4, -0.2) is 68.3 Å². The first kappa shape index (κ1) is 43.4. The Morgan fingerprint density at radius 1 is 0.571 bits per heavy atom. The number of H-pyrrole nitrogens is 1. The van der Waals surface area contributed by atoms with Crippen LogP contribution in [0.15, 0.2) is 143 Å². The Morgan fingerprint density at radius 2 is 1.02 bits per heavy atom. The van der Waals surface area contributed by atoms with Gasteiger partial charge in [-0.2, -0.15) is 4.98 Å². The summed E-state index contributed by atoms with van der Waals surface area (Å²) in [5, 5.41) is 0. The molecular formula is C49H44N4O10. The summed E-state index contributed by atoms with van der Waals surface area (Å²) >= 11 is 0. The van der Waals surface area contributed by atoms with Crippen LogP contribution in [-0.2, 0) is 70.4 Å². The number of ether oxygens (including phenoxy) is 4. The van der Waals surface area contributed by atoms with E-state index in [1.807, 2.05) is 19.9 Å². The highest BCUT2D eigenvalue weighted by Crippen LogP contribution is 2.27. The fourth-order valence-corrected chi connectivity index (χ4v) is 7.10. The number of aryl methyl sites for hydroxylation is 2. The second-order valence-electron chi connectivity index (χ2n) is 15.0. The van der Waals surface area contributed by atoms with Crippen molar-refractivity contribution in [3.63, 3.8) is 0 Å². The number of aromatic nitrogens is 4. The van der Waals surface area contributed by atoms with Crippen molar-refractivity contribution in [1.29, 1.82) is 0 Å². The molecule has 5 aromatic carbocycles. The van der Waals surface area contributed by atoms with Crippen LogP contribution in [0.5, 0.6) is 0 Å². The zero-order chi connectivity index (χ0) is 44.3. The summed E-state index contributed by atoms with van der Waals surface area (Å²) in [4.78, 5) is 92.4. The maximum atomic E-state index is 14.1. The molecule has 0 bridgehead atoms. The molecule has 1 N–H and O–H groups in total. The minimum absolute atomic E-state index is 0.124. The Morgan fingerprint density at radius 3 is 1.52 bits per heavy atom. The van der Waals surface area contributed by atoms with Crippen LogP contribution in [0, 0.1) is 13.8 Å². The number of nitrogens with one attached hydrogen (secondary N) is 1. The van der Waals surface area contributed by atoms with Gasteiger partial charge in [0.05, 0.1) is 43.3 Å². The van der Waals surface area contributed by atoms with Crippen molar-refractivity contribution in [2.75, 3.05) is 6.61 Å². The zero-order valence-corrected chi connectivity index (χ0v) is 34.6. The summed E-state index contributed by atoms with van der Waals surface area (Å²) in [6, 6.07) is 38.8. The maximum absolute atomic E-state index is 14.1. The third-order valence-electron chi connectivity index (χ3n) is 10.3. The van der Waals surface area contributed by atoms with Crippen molar-refractivity contribution in [2.24, 2.45) is 0 Å². The average molecular weight is 849 g/mol. The molecule has 7 rings (SSSR count). The summed E-state index contributed by atoms with van der Waals surface area (Å²) in [5.41, 5.74) is 2.98. The van der Waals surface area contributed by atoms with Gasteiger partial charge in [0, 0.05) is 0 Å². The molecule has 0 unspecified atom stereocenters. The molecule has 2 aliphatic rings. The predicted molar refractivity (Wildman–Crippen MR) is 232 cm³/mol. The molecule has 2 heterocycles. The first-order chi connectivity index (χ1) is 30.5. The van der Waals surface area contributed by atoms with Gasteiger partial charge in [0.2, 0.25) is 0 Å². The van der Waals surface area contributed by atoms with E-state index < -0.39 is 66.6 Å². The molecule has 14 heteroatoms. The molecule has 5 aromatic rings. The number of carbonyl (C=O) groups is 4. The Kier molecular flexibility index (Phi) is 13.9. The van der Waals surface area contributed by atoms with E-state index in [-0.39, 0.29) is 37.2 Å². The SMILES string of the molecule is Cc1cc2nc3c(=O)[nH]c(=O)nc-3n(C[C@H](OC(=O)Cc3ccccc3)[C@H](OC(=O)Cc3ccccc3)[C@@H](COC(=O)Cc3ccccc3)OC(=O)Cc3ccccc3)c2cc1C. The third-order valence-corrected chi connectivity index (χ3v) is 10.3. The highest BCUT2D eigenvalue weighted by Gasteiger charge is 2.40. The Hall–Kier alpha value is -7.74. The summed E-state index contributed by atoms with van der Waals surface area (Å²) < 4.78 is 25.9. The number of carbonyl (C=O) groups excluding carboxylic acids is 4. The van der Waals surface area contributed by atoms with Gasteiger partial charge < -0.3 is 23.5 Å². The lowest BCUT2D eigenvalue weighted by atomic mass is 10.0. The number of esters is 4. The number of benzene rings is 5. The first-order valence-electron chi connectivity index (χ1n) is 20.3. The summed E-state index contributed by atoms with van der Waals surface area (Å²) in [6.45, 7) is 2.71. The van der Waals surface area contributed by atoms with Crippen molar-refractivity contribution in [3.05, 3.63) is 188 Å². The highest BCUT2D eigenvalue weighted by molar-refractivity contribution is 5.81. The number of hydrogen-bond donors (Lipinski definition) is 1. The quantitative estimate of drug-likeness (QED) is 0.0695. The third kappa shape index (κ3) is 11.6. The van der Waals surface area contributed by atoms with Crippen molar-refractivity contribution < 1.29 is 38.1 Å². The van der Waals surface area contributed by atoms with Crippen molar-refractivity contribution in [1.82, 2.24) is 19.5 Å². The van der Waals surface area contributed by atoms with Crippen LogP contribution >= 0.6 is 0 Å². The molecule has 320 valence electrons. The van der Waals surface area contributed by atoms with E-state index in [0.29, 0.717) is 33.3 Å². The van der Waals surface area contributed by atoms with Gasteiger partial charge in [-0.3, -0.25) is 29.0 Å². The zero-order valence-electron chi connectivity index (χ0n) is 34.6. The molecule has 0 saturated heterocycles. The normalized spacial score (nSPS) is 12.5. The van der Waals surface area contributed by atoms with Crippen molar-refractivity contribution >= 4 is 34.9 Å². The minimum Gasteiger partial charge on any atom is -0.461 e. The molecule has 0 spiro atoms. The van der Waals surface area contributed by atoms with E-state index in [1.165, 1.54) is 4.57 Å². The molecular weight excluding hydrogens is 805 g/mol. The van der Waals surface area contributed by atoms with E-state index in [4.69, 9.17) is 18.9 Å². The van der Waals surface area contributed by atoms with Gasteiger partial charge in [-0.25, -0.2) is 9.78 Å². The molecule has 0 fully saturated rings. The predicted octanol–water partition coefficient (Wildman–Crippen LogP) is 5.45. The number of aromatic amines is 1. The van der Waals surface area contributed by atoms with E-state index in [2.05, 4.69) is 15.0 Å². The van der Waals surface area contributed by atoms with Gasteiger partial charge in [0.1, 0.15) is 6.61 Å². The second kappa shape index (κ2) is 20.2. The Labute approximate surface area is 361 Å². The van der Waals surface area contributed by atoms with Crippen LogP contribution in [0.2, 0.25) is 0 Å². The van der Waals surface area contributed by atoms with Crippen LogP contribution in [0.25, 0.3) is 22.6 Å². The summed E-state index contributed by atoms with van der Waals surface area (Å²) in [6.07, 6.45) is -5.54. The lowest BCUT2D eigenvalue weighted by Crippen LogP contribution is -2.50. The van der Waals surface area contributed by atoms with Gasteiger partial charge in [0.15, 0.2) is 29.8 Å². The monoisotopic (exact) mass is 848 g/mol. The molecule has 63 heavy (non-hydrogen) atoms. The first-order valence-corrected chi connectivity index (χ1v) is 20.3. The van der Waals surface area contributed by atoms with Gasteiger partial charge in [-0.05, 0) is 59.4 Å². The maximum Gasteiger partial charge on any atom is 0.349 e. The number of hydrogen-bond acceptors (Lipinski definition) is 12. The largest absolute Gasteiger partial charge is 0.461 e. The number of nitrogens with zero attached hydrogens (tertiary/aromatic N) is 3. The van der Waals surface area contributed by atoms with Crippen molar-refractivity contribution in [3.8, 4) is 11.5 Å². The van der Waals surface area contributed by atoms with E-state index in [1.54, 1.807) is 127 Å². The smallest absolute Gasteiger partial charge is 0.349 e. The summed E-state index contributed by atoms with van der Waals surface area (Å²) in [7, 11) is 0. The molecule has 0 aromatic heterocycles. The lowest BCUT2D eigenvalue weighted by molar-refractivity contribution is -0.192. The fraction of sp³-hybridized carbons (Fsp3) is 0.224. The summed E-state index contributed by atoms with van der Waals surface area (Å²) in [5.74, 6) is -3.12. The molecule has 0 amide bonds. The molecule has 0 radical (unpaired) electrons. The average Bonchev–Trinajstić information content (AvgIpc) is 3.26. The lowest BCUT2D eigenvalue weighted by Gasteiger charge is -2.33. The van der Waals surface area contributed by atoms with Gasteiger partial charge in [-0.15, -0.1) is 0 Å². The minimum atomic E-state index is -1.66. The van der Waals surface area contributed by atoms with Crippen LogP contribution in [0.4, 0.5) is 0 Å². The molecule has 3 atom stereocenters. The van der Waals surface area contributed by atoms with Gasteiger partial charge in [-0.1, -0.05) is 121 Å². The standard InChI is InChI=1S/C49H44N4O10/c1-31-23-37-38(24-32(31)2)53(47-45(50-37)48(58)52-49(59)51-47)29-39(61-42(55)26-34-17-9-4-10-18-34)46(63-44(57)28-36-21-13-6-14-22-36)40(62-43(56)27-35-19-11-5-12-20-35)30-60-41(54)25-33-15-7-3-8-16-33/h3-24,39-40,46H,25-30H2,1-2H3,(H,52,58,59)/t39-,40+,46-/m0/s1. The second-order valence-corrected chi connectivity index (χ2v) is 15.0.